The Morgan fingerprint density at radius 1 is 1.11 bits per heavy atom. The maximum absolute atomic E-state index is 6.37. The lowest BCUT2D eigenvalue weighted by atomic mass is 10.1. The van der Waals surface area contributed by atoms with Gasteiger partial charge in [0.15, 0.2) is 11.5 Å². The zero-order chi connectivity index (χ0) is 19.1. The van der Waals surface area contributed by atoms with Crippen LogP contribution in [0, 0.1) is 0 Å². The van der Waals surface area contributed by atoms with Gasteiger partial charge in [-0.15, -0.1) is 12.4 Å². The summed E-state index contributed by atoms with van der Waals surface area (Å²) >= 11 is 6.37. The average Bonchev–Trinajstić information content (AvgIpc) is 3.22. The molecule has 0 unspecified atom stereocenters. The van der Waals surface area contributed by atoms with Crippen molar-refractivity contribution in [1.82, 2.24) is 14.9 Å². The fourth-order valence-corrected chi connectivity index (χ4v) is 3.06. The van der Waals surface area contributed by atoms with Gasteiger partial charge in [0.25, 0.3) is 0 Å². The standard InChI is InChI=1S/C21H24ClN3O2.ClH/c1-3-10-27-21-19(22)11-17(12-20(21)26-2)14-24-13-16-4-6-18(7-5-16)25-9-8-23-15-25;/h4-9,11-12,15,24H,3,10,13-14H2,1-2H3;1H. The maximum atomic E-state index is 6.37. The van der Waals surface area contributed by atoms with Crippen LogP contribution in [0.25, 0.3) is 5.69 Å². The number of hydrogen-bond donors (Lipinski definition) is 1. The molecule has 0 saturated heterocycles. The Morgan fingerprint density at radius 3 is 2.50 bits per heavy atom. The third-order valence-electron chi connectivity index (χ3n) is 4.14. The maximum Gasteiger partial charge on any atom is 0.179 e. The smallest absolute Gasteiger partial charge is 0.179 e. The Balaban J connectivity index is 0.00000280. The molecule has 0 amide bonds. The molecule has 0 radical (unpaired) electrons. The van der Waals surface area contributed by atoms with Crippen molar-refractivity contribution in [2.75, 3.05) is 13.7 Å². The predicted octanol–water partition coefficient (Wildman–Crippen LogP) is 5.03. The molecule has 0 bridgehead atoms. The minimum atomic E-state index is 0. The summed E-state index contributed by atoms with van der Waals surface area (Å²) in [7, 11) is 1.63. The molecule has 0 atom stereocenters. The summed E-state index contributed by atoms with van der Waals surface area (Å²) in [6.07, 6.45) is 6.41. The van der Waals surface area contributed by atoms with E-state index >= 15 is 0 Å². The van der Waals surface area contributed by atoms with Gasteiger partial charge in [-0.1, -0.05) is 30.7 Å². The SMILES string of the molecule is CCCOc1c(Cl)cc(CNCc2ccc(-n3ccnc3)cc2)cc1OC.Cl. The first-order valence-electron chi connectivity index (χ1n) is 8.98. The van der Waals surface area contributed by atoms with E-state index in [4.69, 9.17) is 21.1 Å². The van der Waals surface area contributed by atoms with E-state index in [0.717, 1.165) is 24.2 Å². The molecule has 3 aromatic rings. The van der Waals surface area contributed by atoms with Crippen molar-refractivity contribution in [3.8, 4) is 17.2 Å². The Labute approximate surface area is 177 Å². The molecule has 0 aliphatic carbocycles. The number of nitrogens with one attached hydrogen (secondary N) is 1. The van der Waals surface area contributed by atoms with Crippen molar-refractivity contribution >= 4 is 24.0 Å². The summed E-state index contributed by atoms with van der Waals surface area (Å²) in [6.45, 7) is 4.12. The first-order valence-corrected chi connectivity index (χ1v) is 9.36. The highest BCUT2D eigenvalue weighted by atomic mass is 35.5. The highest BCUT2D eigenvalue weighted by Crippen LogP contribution is 2.36. The predicted molar refractivity (Wildman–Crippen MR) is 115 cm³/mol. The quantitative estimate of drug-likeness (QED) is 0.525. The number of rotatable bonds is 9. The molecule has 0 aliphatic heterocycles. The Bertz CT molecular complexity index is 853. The summed E-state index contributed by atoms with van der Waals surface area (Å²) in [5.41, 5.74) is 3.35. The number of methoxy groups -OCH3 is 1. The number of ether oxygens (including phenoxy) is 2. The van der Waals surface area contributed by atoms with Crippen LogP contribution >= 0.6 is 24.0 Å². The minimum absolute atomic E-state index is 0. The fraction of sp³-hybridized carbons (Fsp3) is 0.286. The second-order valence-corrected chi connectivity index (χ2v) is 6.60. The van der Waals surface area contributed by atoms with Crippen LogP contribution in [0.2, 0.25) is 5.02 Å². The van der Waals surface area contributed by atoms with Crippen molar-refractivity contribution in [2.45, 2.75) is 26.4 Å². The van der Waals surface area contributed by atoms with Gasteiger partial charge >= 0.3 is 0 Å². The molecule has 150 valence electrons. The van der Waals surface area contributed by atoms with Crippen LogP contribution in [-0.2, 0) is 13.1 Å². The molecule has 0 spiro atoms. The summed E-state index contributed by atoms with van der Waals surface area (Å²) < 4.78 is 13.1. The minimum Gasteiger partial charge on any atom is -0.493 e. The van der Waals surface area contributed by atoms with Crippen molar-refractivity contribution in [3.05, 3.63) is 71.3 Å². The molecule has 3 rings (SSSR count). The molecule has 0 saturated carbocycles. The summed E-state index contributed by atoms with van der Waals surface area (Å²) in [5, 5.41) is 4.01. The topological polar surface area (TPSA) is 48.3 Å². The van der Waals surface area contributed by atoms with E-state index in [-0.39, 0.29) is 12.4 Å². The van der Waals surface area contributed by atoms with Gasteiger partial charge in [0.05, 0.1) is 25.1 Å². The van der Waals surface area contributed by atoms with Gasteiger partial charge in [-0.2, -0.15) is 0 Å². The monoisotopic (exact) mass is 421 g/mol. The van der Waals surface area contributed by atoms with Crippen LogP contribution in [-0.4, -0.2) is 23.3 Å². The Kier molecular flexibility index (Phi) is 8.64. The van der Waals surface area contributed by atoms with E-state index in [1.54, 1.807) is 19.6 Å². The third-order valence-corrected chi connectivity index (χ3v) is 4.42. The number of imidazole rings is 1. The number of halogens is 2. The van der Waals surface area contributed by atoms with Gasteiger partial charge < -0.3 is 19.4 Å². The zero-order valence-corrected chi connectivity index (χ0v) is 17.6. The largest absolute Gasteiger partial charge is 0.493 e. The van der Waals surface area contributed by atoms with E-state index in [9.17, 15) is 0 Å². The zero-order valence-electron chi connectivity index (χ0n) is 16.0. The van der Waals surface area contributed by atoms with E-state index in [0.29, 0.717) is 29.7 Å². The first kappa shape index (κ1) is 22.1. The van der Waals surface area contributed by atoms with Gasteiger partial charge in [-0.05, 0) is 41.8 Å². The molecule has 2 aromatic carbocycles. The van der Waals surface area contributed by atoms with Gasteiger partial charge in [-0.3, -0.25) is 0 Å². The van der Waals surface area contributed by atoms with E-state index in [1.807, 2.05) is 22.9 Å². The Morgan fingerprint density at radius 2 is 1.86 bits per heavy atom. The van der Waals surface area contributed by atoms with E-state index in [2.05, 4.69) is 41.5 Å². The van der Waals surface area contributed by atoms with Crippen LogP contribution in [0.3, 0.4) is 0 Å². The lowest BCUT2D eigenvalue weighted by molar-refractivity contribution is 0.294. The lowest BCUT2D eigenvalue weighted by Crippen LogP contribution is -2.13. The summed E-state index contributed by atoms with van der Waals surface area (Å²) in [5.74, 6) is 1.28. The molecular weight excluding hydrogens is 397 g/mol. The second kappa shape index (κ2) is 11.0. The van der Waals surface area contributed by atoms with E-state index < -0.39 is 0 Å². The average molecular weight is 422 g/mol. The number of aromatic nitrogens is 2. The molecule has 0 fully saturated rings. The molecule has 1 aromatic heterocycles. The third kappa shape index (κ3) is 5.64. The highest BCUT2D eigenvalue weighted by molar-refractivity contribution is 6.32. The van der Waals surface area contributed by atoms with Crippen molar-refractivity contribution in [1.29, 1.82) is 0 Å². The molecule has 5 nitrogen and oxygen atoms in total. The Hall–Kier alpha value is -2.21. The number of nitrogens with zero attached hydrogens (tertiary/aromatic N) is 2. The molecule has 0 aliphatic rings. The summed E-state index contributed by atoms with van der Waals surface area (Å²) in [6, 6.07) is 12.3. The lowest BCUT2D eigenvalue weighted by Gasteiger charge is -2.14. The number of hydrogen-bond acceptors (Lipinski definition) is 4. The van der Waals surface area contributed by atoms with Gasteiger partial charge in [0.2, 0.25) is 0 Å². The van der Waals surface area contributed by atoms with E-state index in [1.165, 1.54) is 5.56 Å². The van der Waals surface area contributed by atoms with Crippen LogP contribution < -0.4 is 14.8 Å². The highest BCUT2D eigenvalue weighted by Gasteiger charge is 2.11. The number of benzene rings is 2. The van der Waals surface area contributed by atoms with Crippen LogP contribution in [0.15, 0.2) is 55.1 Å². The molecule has 1 heterocycles. The fourth-order valence-electron chi connectivity index (χ4n) is 2.77. The van der Waals surface area contributed by atoms with Gasteiger partial charge in [-0.25, -0.2) is 4.98 Å². The first-order chi connectivity index (χ1) is 13.2. The van der Waals surface area contributed by atoms with Crippen molar-refractivity contribution < 1.29 is 9.47 Å². The van der Waals surface area contributed by atoms with Crippen LogP contribution in [0.5, 0.6) is 11.5 Å². The molecule has 28 heavy (non-hydrogen) atoms. The molecule has 7 heteroatoms. The van der Waals surface area contributed by atoms with Crippen molar-refractivity contribution in [2.24, 2.45) is 0 Å². The van der Waals surface area contributed by atoms with Crippen LogP contribution in [0.1, 0.15) is 24.5 Å². The van der Waals surface area contributed by atoms with Gasteiger partial charge in [0.1, 0.15) is 0 Å². The van der Waals surface area contributed by atoms with Crippen LogP contribution in [0.4, 0.5) is 0 Å². The van der Waals surface area contributed by atoms with Gasteiger partial charge in [0, 0.05) is 31.2 Å². The molecule has 1 N–H and O–H groups in total. The second-order valence-electron chi connectivity index (χ2n) is 6.20. The molecular formula is C21H25Cl2N3O2. The summed E-state index contributed by atoms with van der Waals surface area (Å²) in [4.78, 5) is 4.07. The van der Waals surface area contributed by atoms with Crippen molar-refractivity contribution in [3.63, 3.8) is 0 Å². The normalized spacial score (nSPS) is 10.4.